The number of aromatic nitrogens is 3. The molecule has 1 aromatic carbocycles. The third-order valence-electron chi connectivity index (χ3n) is 4.24. The van der Waals surface area contributed by atoms with Gasteiger partial charge in [0.25, 0.3) is 5.69 Å². The molecule has 0 aliphatic rings. The maximum Gasteiger partial charge on any atom is 0.417 e. The van der Waals surface area contributed by atoms with Crippen molar-refractivity contribution in [2.75, 3.05) is 10.7 Å². The van der Waals surface area contributed by atoms with Gasteiger partial charge in [-0.2, -0.15) is 13.2 Å². The first kappa shape index (κ1) is 25.0. The molecule has 17 heteroatoms. The summed E-state index contributed by atoms with van der Waals surface area (Å²) in [6.07, 6.45) is -3.54. The van der Waals surface area contributed by atoms with Gasteiger partial charge in [0.05, 0.1) is 26.9 Å². The van der Waals surface area contributed by atoms with Crippen molar-refractivity contribution < 1.29 is 27.8 Å². The zero-order chi connectivity index (χ0) is 25.8. The van der Waals surface area contributed by atoms with Crippen LogP contribution in [0.25, 0.3) is 0 Å². The average Bonchev–Trinajstić information content (AvgIpc) is 2.78. The summed E-state index contributed by atoms with van der Waals surface area (Å²) in [6.45, 7) is 0. The summed E-state index contributed by atoms with van der Waals surface area (Å²) >= 11 is 5.82. The number of pyridine rings is 1. The number of nitro groups is 2. The fourth-order valence-electron chi connectivity index (χ4n) is 2.63. The van der Waals surface area contributed by atoms with Crippen LogP contribution < -0.4 is 16.2 Å². The molecule has 0 aliphatic carbocycles. The summed E-state index contributed by atoms with van der Waals surface area (Å²) in [6, 6.07) is 5.75. The lowest BCUT2D eigenvalue weighted by molar-refractivity contribution is -0.384. The lowest BCUT2D eigenvalue weighted by Crippen LogP contribution is -2.31. The van der Waals surface area contributed by atoms with Crippen molar-refractivity contribution in [3.63, 3.8) is 0 Å². The van der Waals surface area contributed by atoms with Gasteiger partial charge in [0.2, 0.25) is 17.5 Å². The predicted molar refractivity (Wildman–Crippen MR) is 115 cm³/mol. The van der Waals surface area contributed by atoms with Gasteiger partial charge in [-0.15, -0.1) is 0 Å². The summed E-state index contributed by atoms with van der Waals surface area (Å²) in [5.74, 6) is -1.91. The highest BCUT2D eigenvalue weighted by Crippen LogP contribution is 2.35. The van der Waals surface area contributed by atoms with Crippen molar-refractivity contribution in [1.82, 2.24) is 20.4 Å². The van der Waals surface area contributed by atoms with Crippen molar-refractivity contribution in [2.24, 2.45) is 0 Å². The molecule has 3 aromatic rings. The second kappa shape index (κ2) is 10.1. The molecule has 0 saturated carbocycles. The zero-order valence-electron chi connectivity index (χ0n) is 17.0. The van der Waals surface area contributed by atoms with Crippen LogP contribution in [0.3, 0.4) is 0 Å². The molecule has 0 radical (unpaired) electrons. The Labute approximate surface area is 197 Å². The van der Waals surface area contributed by atoms with Gasteiger partial charge in [-0.25, -0.2) is 15.0 Å². The van der Waals surface area contributed by atoms with Crippen LogP contribution in [-0.2, 0) is 17.4 Å². The van der Waals surface area contributed by atoms with Crippen LogP contribution in [-0.4, -0.2) is 30.7 Å². The molecule has 0 aliphatic heterocycles. The highest BCUT2D eigenvalue weighted by molar-refractivity contribution is 6.33. The van der Waals surface area contributed by atoms with Crippen molar-refractivity contribution in [2.45, 2.75) is 12.6 Å². The summed E-state index contributed by atoms with van der Waals surface area (Å²) in [5.41, 5.74) is 2.85. The number of alkyl halides is 3. The molecule has 182 valence electrons. The monoisotopic (exact) mass is 512 g/mol. The summed E-state index contributed by atoms with van der Waals surface area (Å²) in [5, 5.41) is 24.2. The number of carbonyl (C=O) groups excluding carboxylic acids is 1. The number of halogens is 4. The molecular formula is C18H12ClF3N8O5. The topological polar surface area (TPSA) is 178 Å². The van der Waals surface area contributed by atoms with Gasteiger partial charge in [-0.3, -0.25) is 35.9 Å². The summed E-state index contributed by atoms with van der Waals surface area (Å²) in [4.78, 5) is 43.9. The Balaban J connectivity index is 1.75. The van der Waals surface area contributed by atoms with E-state index in [-0.39, 0.29) is 17.9 Å². The first-order chi connectivity index (χ1) is 16.5. The Hall–Kier alpha value is -4.60. The second-order valence-electron chi connectivity index (χ2n) is 6.63. The number of anilines is 3. The number of benzene rings is 1. The van der Waals surface area contributed by atoms with E-state index in [1.807, 2.05) is 0 Å². The van der Waals surface area contributed by atoms with E-state index in [1.54, 1.807) is 0 Å². The number of carbonyl (C=O) groups is 1. The first-order valence-electron chi connectivity index (χ1n) is 9.23. The quantitative estimate of drug-likeness (QED) is 0.297. The van der Waals surface area contributed by atoms with E-state index >= 15 is 0 Å². The minimum Gasteiger partial charge on any atom is -0.318 e. The Bertz CT molecular complexity index is 1290. The number of hydrogen-bond acceptors (Lipinski definition) is 10. The average molecular weight is 513 g/mol. The SMILES string of the molecule is O=C(Cc1ccc([N+](=O)[O-])cc1)NNc1ncnc(Nc2ncc(C(F)(F)F)cc2Cl)c1[N+](=O)[O-]. The Morgan fingerprint density at radius 2 is 1.66 bits per heavy atom. The van der Waals surface area contributed by atoms with Crippen LogP contribution >= 0.6 is 11.6 Å². The molecule has 13 nitrogen and oxygen atoms in total. The Morgan fingerprint density at radius 3 is 2.23 bits per heavy atom. The van der Waals surface area contributed by atoms with Gasteiger partial charge < -0.3 is 5.32 Å². The molecule has 0 atom stereocenters. The number of nitrogens with one attached hydrogen (secondary N) is 3. The third kappa shape index (κ3) is 6.26. The van der Waals surface area contributed by atoms with Gasteiger partial charge in [0, 0.05) is 18.3 Å². The number of nitro benzene ring substituents is 1. The van der Waals surface area contributed by atoms with E-state index in [9.17, 15) is 38.2 Å². The lowest BCUT2D eigenvalue weighted by Gasteiger charge is -2.12. The third-order valence-corrected chi connectivity index (χ3v) is 4.53. The highest BCUT2D eigenvalue weighted by Gasteiger charge is 2.32. The highest BCUT2D eigenvalue weighted by atomic mass is 35.5. The lowest BCUT2D eigenvalue weighted by atomic mass is 10.1. The Kier molecular flexibility index (Phi) is 7.24. The zero-order valence-corrected chi connectivity index (χ0v) is 17.8. The first-order valence-corrected chi connectivity index (χ1v) is 9.61. The molecule has 2 heterocycles. The van der Waals surface area contributed by atoms with Gasteiger partial charge in [-0.05, 0) is 11.6 Å². The van der Waals surface area contributed by atoms with Crippen molar-refractivity contribution in [1.29, 1.82) is 0 Å². The fourth-order valence-corrected chi connectivity index (χ4v) is 2.84. The molecule has 0 spiro atoms. The molecule has 0 fully saturated rings. The normalized spacial score (nSPS) is 11.0. The van der Waals surface area contributed by atoms with E-state index in [1.165, 1.54) is 24.3 Å². The molecule has 2 aromatic heterocycles. The summed E-state index contributed by atoms with van der Waals surface area (Å²) < 4.78 is 38.4. The molecule has 35 heavy (non-hydrogen) atoms. The van der Waals surface area contributed by atoms with Crippen molar-refractivity contribution in [3.8, 4) is 0 Å². The minimum atomic E-state index is -4.69. The smallest absolute Gasteiger partial charge is 0.318 e. The molecule has 0 bridgehead atoms. The van der Waals surface area contributed by atoms with E-state index < -0.39 is 49.8 Å². The maximum atomic E-state index is 12.8. The predicted octanol–water partition coefficient (Wildman–Crippen LogP) is 3.79. The van der Waals surface area contributed by atoms with Crippen LogP contribution in [0.4, 0.5) is 42.0 Å². The van der Waals surface area contributed by atoms with E-state index in [4.69, 9.17) is 11.6 Å². The number of amides is 1. The number of non-ortho nitro benzene ring substituents is 1. The molecular weight excluding hydrogens is 501 g/mol. The van der Waals surface area contributed by atoms with Crippen LogP contribution in [0.15, 0.2) is 42.9 Å². The second-order valence-corrected chi connectivity index (χ2v) is 7.03. The van der Waals surface area contributed by atoms with Crippen LogP contribution in [0, 0.1) is 20.2 Å². The van der Waals surface area contributed by atoms with E-state index in [2.05, 4.69) is 31.1 Å². The molecule has 1 amide bonds. The molecule has 0 saturated heterocycles. The minimum absolute atomic E-state index is 0.161. The summed E-state index contributed by atoms with van der Waals surface area (Å²) in [7, 11) is 0. The number of rotatable bonds is 8. The molecule has 3 rings (SSSR count). The van der Waals surface area contributed by atoms with E-state index in [0.29, 0.717) is 17.8 Å². The standard InChI is InChI=1S/C18H12ClF3N8O5/c19-12-6-10(18(20,21)22)7-23-15(12)26-16-14(30(34)35)17(25-8-24-16)28-27-13(31)5-9-1-3-11(4-2-9)29(32)33/h1-4,6-8H,5H2,(H,27,31)(H2,23,24,25,26,28). The van der Waals surface area contributed by atoms with Gasteiger partial charge in [0.1, 0.15) is 6.33 Å². The number of hydrogen-bond donors (Lipinski definition) is 3. The van der Waals surface area contributed by atoms with Crippen LogP contribution in [0.2, 0.25) is 5.02 Å². The van der Waals surface area contributed by atoms with Crippen LogP contribution in [0.5, 0.6) is 0 Å². The van der Waals surface area contributed by atoms with Gasteiger partial charge >= 0.3 is 11.9 Å². The van der Waals surface area contributed by atoms with Crippen LogP contribution in [0.1, 0.15) is 11.1 Å². The fraction of sp³-hybridized carbons (Fsp3) is 0.111. The van der Waals surface area contributed by atoms with Gasteiger partial charge in [-0.1, -0.05) is 23.7 Å². The van der Waals surface area contributed by atoms with Gasteiger partial charge in [0.15, 0.2) is 5.82 Å². The van der Waals surface area contributed by atoms with Crippen molar-refractivity contribution >= 4 is 46.3 Å². The van der Waals surface area contributed by atoms with E-state index in [0.717, 1.165) is 6.33 Å². The molecule has 3 N–H and O–H groups in total. The Morgan fingerprint density at radius 1 is 1.00 bits per heavy atom. The maximum absolute atomic E-state index is 12.8. The number of nitrogens with zero attached hydrogens (tertiary/aromatic N) is 5. The molecule has 0 unspecified atom stereocenters. The van der Waals surface area contributed by atoms with Crippen molar-refractivity contribution in [3.05, 3.63) is 79.2 Å². The number of hydrazine groups is 1. The largest absolute Gasteiger partial charge is 0.417 e.